The van der Waals surface area contributed by atoms with E-state index in [1.165, 1.54) is 65.4 Å². The molecule has 0 fully saturated rings. The van der Waals surface area contributed by atoms with Gasteiger partial charge in [-0.05, 0) is 66.8 Å². The normalized spacial score (nSPS) is 14.2. The molecule has 11 nitrogen and oxygen atoms in total. The first-order valence-corrected chi connectivity index (χ1v) is 16.4. The second kappa shape index (κ2) is 13.6. The Hall–Kier alpha value is -5.21. The molecule has 2 aromatic heterocycles. The number of aromatic nitrogens is 3. The molecule has 3 heterocycles. The number of nitro benzene ring substituents is 1. The van der Waals surface area contributed by atoms with E-state index in [-0.39, 0.29) is 40.8 Å². The smallest absolute Gasteiger partial charge is 0.273 e. The fourth-order valence-electron chi connectivity index (χ4n) is 5.33. The number of thioether (sulfide) groups is 1. The lowest BCUT2D eigenvalue weighted by Gasteiger charge is -2.22. The molecule has 0 saturated carbocycles. The summed E-state index contributed by atoms with van der Waals surface area (Å²) in [6.45, 7) is 3.45. The number of hydrogen-bond acceptors (Lipinski definition) is 9. The van der Waals surface area contributed by atoms with Crippen molar-refractivity contribution in [1.82, 2.24) is 25.1 Å². The van der Waals surface area contributed by atoms with Crippen molar-refractivity contribution in [3.8, 4) is 5.69 Å². The van der Waals surface area contributed by atoms with Crippen LogP contribution in [0.2, 0.25) is 0 Å². The molecule has 1 N–H and O–H groups in total. The molecule has 0 saturated heterocycles. The molecule has 5 aromatic rings. The van der Waals surface area contributed by atoms with Gasteiger partial charge >= 0.3 is 0 Å². The van der Waals surface area contributed by atoms with Crippen LogP contribution in [0.3, 0.4) is 0 Å². The van der Waals surface area contributed by atoms with Crippen LogP contribution in [0.15, 0.2) is 94.5 Å². The first kappa shape index (κ1) is 31.8. The lowest BCUT2D eigenvalue weighted by Crippen LogP contribution is -2.28. The van der Waals surface area contributed by atoms with Crippen LogP contribution in [-0.4, -0.2) is 48.0 Å². The molecule has 3 aromatic carbocycles. The number of nitrogens with zero attached hydrogens (tertiary/aromatic N) is 6. The summed E-state index contributed by atoms with van der Waals surface area (Å²) in [5.74, 6) is -0.713. The number of thiophene rings is 1. The summed E-state index contributed by atoms with van der Waals surface area (Å²) < 4.78 is 15.5. The quantitative estimate of drug-likeness (QED) is 0.103. The predicted molar refractivity (Wildman–Crippen MR) is 177 cm³/mol. The van der Waals surface area contributed by atoms with Crippen LogP contribution >= 0.6 is 23.1 Å². The molecule has 14 heteroatoms. The van der Waals surface area contributed by atoms with Crippen molar-refractivity contribution in [2.75, 3.05) is 5.75 Å². The third-order valence-corrected chi connectivity index (χ3v) is 9.50. The molecule has 2 amide bonds. The van der Waals surface area contributed by atoms with Gasteiger partial charge in [0.25, 0.3) is 17.5 Å². The molecule has 1 atom stereocenters. The van der Waals surface area contributed by atoms with Gasteiger partial charge in [0.15, 0.2) is 11.0 Å². The zero-order valence-corrected chi connectivity index (χ0v) is 26.9. The van der Waals surface area contributed by atoms with Gasteiger partial charge in [0, 0.05) is 29.3 Å². The highest BCUT2D eigenvalue weighted by atomic mass is 32.2. The van der Waals surface area contributed by atoms with E-state index in [9.17, 15) is 24.1 Å². The van der Waals surface area contributed by atoms with Gasteiger partial charge in [-0.3, -0.25) is 24.3 Å². The number of aryl methyl sites for hydroxylation is 1. The van der Waals surface area contributed by atoms with Crippen molar-refractivity contribution >= 4 is 46.3 Å². The van der Waals surface area contributed by atoms with Gasteiger partial charge in [-0.1, -0.05) is 48.2 Å². The summed E-state index contributed by atoms with van der Waals surface area (Å²) in [4.78, 5) is 38.6. The van der Waals surface area contributed by atoms with Crippen molar-refractivity contribution in [2.24, 2.45) is 5.10 Å². The number of hydrogen-bond donors (Lipinski definition) is 1. The number of amides is 2. The summed E-state index contributed by atoms with van der Waals surface area (Å²) in [7, 11) is 0. The van der Waals surface area contributed by atoms with E-state index in [0.29, 0.717) is 17.4 Å². The van der Waals surface area contributed by atoms with Crippen molar-refractivity contribution in [2.45, 2.75) is 38.0 Å². The summed E-state index contributed by atoms with van der Waals surface area (Å²) in [5, 5.41) is 31.4. The van der Waals surface area contributed by atoms with E-state index < -0.39 is 16.9 Å². The second-order valence-corrected chi connectivity index (χ2v) is 12.7. The molecule has 1 aliphatic heterocycles. The molecule has 0 spiro atoms. The Kier molecular flexibility index (Phi) is 9.22. The van der Waals surface area contributed by atoms with Crippen LogP contribution in [0.5, 0.6) is 0 Å². The number of benzene rings is 3. The van der Waals surface area contributed by atoms with Gasteiger partial charge < -0.3 is 5.32 Å². The molecule has 0 radical (unpaired) electrons. The van der Waals surface area contributed by atoms with E-state index in [0.717, 1.165) is 27.4 Å². The number of halogens is 1. The van der Waals surface area contributed by atoms with Crippen LogP contribution in [0.1, 0.15) is 50.2 Å². The van der Waals surface area contributed by atoms with E-state index in [2.05, 4.69) is 15.5 Å². The topological polar surface area (TPSA) is 136 Å². The Labute approximate surface area is 277 Å². The van der Waals surface area contributed by atoms with Crippen molar-refractivity contribution < 1.29 is 18.9 Å². The minimum atomic E-state index is -0.524. The Morgan fingerprint density at radius 1 is 1.06 bits per heavy atom. The molecule has 1 aliphatic rings. The maximum absolute atomic E-state index is 13.7. The highest BCUT2D eigenvalue weighted by molar-refractivity contribution is 7.99. The minimum Gasteiger partial charge on any atom is -0.345 e. The SMILES string of the molecule is Cc1cccc(-n2c(CNC(=O)c3cccc([N+](=O)[O-])c3C)nnc2SCC(=O)N2N=C(c3cccs3)C[C@@H]2c2ccc(F)cc2)c1. The van der Waals surface area contributed by atoms with Crippen LogP contribution < -0.4 is 5.32 Å². The minimum absolute atomic E-state index is 0.0118. The van der Waals surface area contributed by atoms with Crippen molar-refractivity contribution in [3.63, 3.8) is 0 Å². The zero-order valence-electron chi connectivity index (χ0n) is 25.3. The molecule has 238 valence electrons. The Morgan fingerprint density at radius 3 is 2.57 bits per heavy atom. The Morgan fingerprint density at radius 2 is 1.85 bits per heavy atom. The van der Waals surface area contributed by atoms with Gasteiger partial charge in [0.1, 0.15) is 5.82 Å². The largest absolute Gasteiger partial charge is 0.345 e. The van der Waals surface area contributed by atoms with Gasteiger partial charge in [-0.15, -0.1) is 21.5 Å². The summed E-state index contributed by atoms with van der Waals surface area (Å²) in [5.41, 5.74) is 3.59. The number of carbonyl (C=O) groups excluding carboxylic acids is 2. The van der Waals surface area contributed by atoms with Gasteiger partial charge in [0.2, 0.25) is 0 Å². The number of rotatable bonds is 10. The number of hydrazone groups is 1. The standard InChI is InChI=1S/C33H28FN7O4S2/c1-20-6-3-7-24(16-20)39-30(18-35-32(43)25-8-4-9-27(21(25)2)41(44)45)36-37-33(39)47-19-31(42)40-28(22-11-13-23(34)14-12-22)17-26(38-40)29-10-5-15-46-29/h3-16,28H,17-19H2,1-2H3,(H,35,43)/t28-/m1/s1. The molecule has 0 unspecified atom stereocenters. The lowest BCUT2D eigenvalue weighted by molar-refractivity contribution is -0.385. The first-order chi connectivity index (χ1) is 22.7. The molecule has 47 heavy (non-hydrogen) atoms. The monoisotopic (exact) mass is 669 g/mol. The lowest BCUT2D eigenvalue weighted by atomic mass is 10.0. The Balaban J connectivity index is 1.24. The zero-order chi connectivity index (χ0) is 33.1. The molecular formula is C33H28FN7O4S2. The first-order valence-electron chi connectivity index (χ1n) is 14.5. The van der Waals surface area contributed by atoms with Crippen LogP contribution in [0.4, 0.5) is 10.1 Å². The maximum Gasteiger partial charge on any atom is 0.273 e. The molecule has 6 rings (SSSR count). The van der Waals surface area contributed by atoms with Crippen molar-refractivity contribution in [1.29, 1.82) is 0 Å². The summed E-state index contributed by atoms with van der Waals surface area (Å²) in [6, 6.07) is 21.6. The highest BCUT2D eigenvalue weighted by Gasteiger charge is 2.34. The number of nitrogens with one attached hydrogen (secondary N) is 1. The van der Waals surface area contributed by atoms with Crippen LogP contribution in [0, 0.1) is 29.8 Å². The average Bonchev–Trinajstić information content (AvgIpc) is 3.83. The summed E-state index contributed by atoms with van der Waals surface area (Å²) in [6.07, 6.45) is 0.496. The fraction of sp³-hybridized carbons (Fsp3) is 0.182. The van der Waals surface area contributed by atoms with Gasteiger partial charge in [-0.2, -0.15) is 5.10 Å². The van der Waals surface area contributed by atoms with E-state index in [4.69, 9.17) is 5.10 Å². The van der Waals surface area contributed by atoms with Crippen molar-refractivity contribution in [3.05, 3.63) is 133 Å². The third-order valence-electron chi connectivity index (χ3n) is 7.66. The fourth-order valence-corrected chi connectivity index (χ4v) is 6.87. The van der Waals surface area contributed by atoms with Crippen LogP contribution in [0.25, 0.3) is 5.69 Å². The van der Waals surface area contributed by atoms with E-state index in [1.807, 2.05) is 48.7 Å². The maximum atomic E-state index is 13.7. The third kappa shape index (κ3) is 6.83. The number of carbonyl (C=O) groups is 2. The van der Waals surface area contributed by atoms with Gasteiger partial charge in [-0.25, -0.2) is 9.40 Å². The Bertz CT molecular complexity index is 1990. The number of nitro groups is 1. The summed E-state index contributed by atoms with van der Waals surface area (Å²) >= 11 is 2.72. The molecular weight excluding hydrogens is 642 g/mol. The second-order valence-electron chi connectivity index (χ2n) is 10.8. The van der Waals surface area contributed by atoms with E-state index in [1.54, 1.807) is 16.7 Å². The molecule has 0 aliphatic carbocycles. The molecule has 0 bridgehead atoms. The van der Waals surface area contributed by atoms with E-state index >= 15 is 0 Å². The average molecular weight is 670 g/mol. The van der Waals surface area contributed by atoms with Gasteiger partial charge in [0.05, 0.1) is 33.9 Å². The predicted octanol–water partition coefficient (Wildman–Crippen LogP) is 6.39. The van der Waals surface area contributed by atoms with Crippen LogP contribution in [-0.2, 0) is 11.3 Å². The highest BCUT2D eigenvalue weighted by Crippen LogP contribution is 2.35.